The van der Waals surface area contributed by atoms with Crippen LogP contribution in [0.15, 0.2) is 18.2 Å². The Balaban J connectivity index is 2.12. The lowest BCUT2D eigenvalue weighted by molar-refractivity contribution is 0.0108. The van der Waals surface area contributed by atoms with Crippen LogP contribution in [0.4, 0.5) is 8.78 Å². The number of hydrogen-bond acceptors (Lipinski definition) is 3. The second-order valence-electron chi connectivity index (χ2n) is 5.19. The van der Waals surface area contributed by atoms with Gasteiger partial charge in [-0.3, -0.25) is 11.3 Å². The van der Waals surface area contributed by atoms with Crippen LogP contribution < -0.4 is 11.3 Å². The van der Waals surface area contributed by atoms with Crippen LogP contribution in [-0.4, -0.2) is 19.3 Å². The van der Waals surface area contributed by atoms with Gasteiger partial charge in [0.25, 0.3) is 0 Å². The summed E-state index contributed by atoms with van der Waals surface area (Å²) < 4.78 is 32.3. The summed E-state index contributed by atoms with van der Waals surface area (Å²) in [7, 11) is 0. The van der Waals surface area contributed by atoms with Gasteiger partial charge in [-0.15, -0.1) is 0 Å². The number of ether oxygens (including phenoxy) is 1. The lowest BCUT2D eigenvalue weighted by Crippen LogP contribution is -2.47. The zero-order valence-electron chi connectivity index (χ0n) is 11.0. The topological polar surface area (TPSA) is 47.3 Å². The molecule has 1 heterocycles. The number of nitrogens with one attached hydrogen (secondary N) is 1. The fourth-order valence-electron chi connectivity index (χ4n) is 2.77. The quantitative estimate of drug-likeness (QED) is 0.650. The maximum atomic E-state index is 13.7. The Bertz CT molecular complexity index is 428. The summed E-state index contributed by atoms with van der Waals surface area (Å²) >= 11 is 0. The molecule has 1 aliphatic heterocycles. The van der Waals surface area contributed by atoms with Crippen molar-refractivity contribution < 1.29 is 13.5 Å². The molecule has 3 unspecified atom stereocenters. The van der Waals surface area contributed by atoms with Gasteiger partial charge < -0.3 is 4.74 Å². The van der Waals surface area contributed by atoms with Crippen molar-refractivity contribution in [2.75, 3.05) is 13.2 Å². The van der Waals surface area contributed by atoms with Crippen LogP contribution in [-0.2, 0) is 11.2 Å². The minimum Gasteiger partial charge on any atom is -0.381 e. The lowest BCUT2D eigenvalue weighted by Gasteiger charge is -2.35. The van der Waals surface area contributed by atoms with E-state index in [1.54, 1.807) is 6.07 Å². The van der Waals surface area contributed by atoms with E-state index in [1.165, 1.54) is 6.07 Å². The van der Waals surface area contributed by atoms with Gasteiger partial charge in [-0.05, 0) is 36.3 Å². The molecule has 3 atom stereocenters. The highest BCUT2D eigenvalue weighted by atomic mass is 19.2. The van der Waals surface area contributed by atoms with Gasteiger partial charge in [-0.2, -0.15) is 0 Å². The molecule has 2 rings (SSSR count). The van der Waals surface area contributed by atoms with Crippen LogP contribution in [0.5, 0.6) is 0 Å². The number of hydrazine groups is 1. The second kappa shape index (κ2) is 6.41. The fourth-order valence-corrected chi connectivity index (χ4v) is 2.77. The zero-order chi connectivity index (χ0) is 13.8. The van der Waals surface area contributed by atoms with Crippen molar-refractivity contribution in [1.29, 1.82) is 0 Å². The normalized spacial score (nSPS) is 25.3. The molecule has 0 radical (unpaired) electrons. The third-order valence-corrected chi connectivity index (χ3v) is 3.91. The van der Waals surface area contributed by atoms with E-state index in [9.17, 15) is 8.78 Å². The first-order chi connectivity index (χ1) is 9.13. The summed E-state index contributed by atoms with van der Waals surface area (Å²) in [6.45, 7) is 3.48. The van der Waals surface area contributed by atoms with E-state index in [0.29, 0.717) is 37.0 Å². The van der Waals surface area contributed by atoms with E-state index in [2.05, 4.69) is 12.3 Å². The van der Waals surface area contributed by atoms with E-state index in [-0.39, 0.29) is 6.04 Å². The molecule has 1 aromatic carbocycles. The zero-order valence-corrected chi connectivity index (χ0v) is 11.0. The molecule has 3 nitrogen and oxygen atoms in total. The van der Waals surface area contributed by atoms with Gasteiger partial charge in [0.15, 0.2) is 11.6 Å². The van der Waals surface area contributed by atoms with Crippen molar-refractivity contribution in [2.45, 2.75) is 25.8 Å². The Hall–Kier alpha value is -1.04. The summed E-state index contributed by atoms with van der Waals surface area (Å²) in [5.41, 5.74) is 3.12. The van der Waals surface area contributed by atoms with Crippen LogP contribution in [0.2, 0.25) is 0 Å². The third-order valence-electron chi connectivity index (χ3n) is 3.91. The monoisotopic (exact) mass is 270 g/mol. The van der Waals surface area contributed by atoms with Crippen LogP contribution in [0, 0.1) is 23.5 Å². The standard InChI is InChI=1S/C14H20F2N2O/c1-9-8-19-6-5-11(9)13(18-17)7-10-3-2-4-12(15)14(10)16/h2-4,9,11,13,18H,5-8,17H2,1H3. The first-order valence-electron chi connectivity index (χ1n) is 6.60. The Morgan fingerprint density at radius 3 is 2.95 bits per heavy atom. The third kappa shape index (κ3) is 3.29. The first-order valence-corrected chi connectivity index (χ1v) is 6.60. The average molecular weight is 270 g/mol. The Kier molecular flexibility index (Phi) is 4.85. The van der Waals surface area contributed by atoms with Crippen LogP contribution in [0.3, 0.4) is 0 Å². The summed E-state index contributed by atoms with van der Waals surface area (Å²) in [6, 6.07) is 4.18. The van der Waals surface area contributed by atoms with Crippen LogP contribution in [0.25, 0.3) is 0 Å². The fraction of sp³-hybridized carbons (Fsp3) is 0.571. The minimum atomic E-state index is -0.812. The molecule has 1 aliphatic rings. The molecule has 1 saturated heterocycles. The van der Waals surface area contributed by atoms with Crippen molar-refractivity contribution in [3.8, 4) is 0 Å². The maximum Gasteiger partial charge on any atom is 0.162 e. The molecule has 19 heavy (non-hydrogen) atoms. The molecule has 3 N–H and O–H groups in total. The van der Waals surface area contributed by atoms with E-state index in [4.69, 9.17) is 10.6 Å². The smallest absolute Gasteiger partial charge is 0.162 e. The molecule has 0 saturated carbocycles. The molecule has 0 aromatic heterocycles. The Labute approximate surface area is 112 Å². The number of benzene rings is 1. The van der Waals surface area contributed by atoms with E-state index in [1.807, 2.05) is 0 Å². The van der Waals surface area contributed by atoms with Gasteiger partial charge >= 0.3 is 0 Å². The van der Waals surface area contributed by atoms with Crippen molar-refractivity contribution in [3.05, 3.63) is 35.4 Å². The molecule has 5 heteroatoms. The molecule has 0 bridgehead atoms. The number of hydrogen-bond donors (Lipinski definition) is 2. The highest BCUT2D eigenvalue weighted by Gasteiger charge is 2.29. The SMILES string of the molecule is CC1COCCC1C(Cc1cccc(F)c1F)NN. The van der Waals surface area contributed by atoms with Crippen LogP contribution in [0.1, 0.15) is 18.9 Å². The van der Waals surface area contributed by atoms with Gasteiger partial charge in [0, 0.05) is 19.3 Å². The summed E-state index contributed by atoms with van der Waals surface area (Å²) in [5, 5.41) is 0. The number of rotatable bonds is 4. The summed E-state index contributed by atoms with van der Waals surface area (Å²) in [6.07, 6.45) is 1.27. The lowest BCUT2D eigenvalue weighted by atomic mass is 9.81. The predicted octanol–water partition coefficient (Wildman–Crippen LogP) is 2.01. The molecule has 0 aliphatic carbocycles. The molecule has 1 fully saturated rings. The number of nitrogens with two attached hydrogens (primary N) is 1. The van der Waals surface area contributed by atoms with Gasteiger partial charge in [0.05, 0.1) is 0 Å². The van der Waals surface area contributed by atoms with E-state index in [0.717, 1.165) is 12.5 Å². The molecular formula is C14H20F2N2O. The molecule has 0 amide bonds. The summed E-state index contributed by atoms with van der Waals surface area (Å²) in [5.74, 6) is 4.67. The molecule has 0 spiro atoms. The predicted molar refractivity (Wildman–Crippen MR) is 69.3 cm³/mol. The van der Waals surface area contributed by atoms with E-state index < -0.39 is 11.6 Å². The summed E-state index contributed by atoms with van der Waals surface area (Å²) in [4.78, 5) is 0. The van der Waals surface area contributed by atoms with Crippen molar-refractivity contribution in [1.82, 2.24) is 5.43 Å². The largest absolute Gasteiger partial charge is 0.381 e. The molecule has 1 aromatic rings. The molecule has 106 valence electrons. The highest BCUT2D eigenvalue weighted by molar-refractivity contribution is 5.20. The van der Waals surface area contributed by atoms with Crippen molar-refractivity contribution >= 4 is 0 Å². The van der Waals surface area contributed by atoms with Gasteiger partial charge in [0.2, 0.25) is 0 Å². The van der Waals surface area contributed by atoms with Crippen molar-refractivity contribution in [3.63, 3.8) is 0 Å². The first kappa shape index (κ1) is 14.4. The van der Waals surface area contributed by atoms with E-state index >= 15 is 0 Å². The number of halogens is 2. The average Bonchev–Trinajstić information content (AvgIpc) is 2.41. The Morgan fingerprint density at radius 1 is 1.47 bits per heavy atom. The van der Waals surface area contributed by atoms with Crippen LogP contribution >= 0.6 is 0 Å². The van der Waals surface area contributed by atoms with Crippen molar-refractivity contribution in [2.24, 2.45) is 17.7 Å². The Morgan fingerprint density at radius 2 is 2.26 bits per heavy atom. The highest BCUT2D eigenvalue weighted by Crippen LogP contribution is 2.27. The van der Waals surface area contributed by atoms with Gasteiger partial charge in [-0.1, -0.05) is 19.1 Å². The minimum absolute atomic E-state index is 0.0739. The van der Waals surface area contributed by atoms with Gasteiger partial charge in [-0.25, -0.2) is 8.78 Å². The maximum absolute atomic E-state index is 13.7. The molecular weight excluding hydrogens is 250 g/mol. The second-order valence-corrected chi connectivity index (χ2v) is 5.19. The van der Waals surface area contributed by atoms with Gasteiger partial charge in [0.1, 0.15) is 0 Å².